The first-order valence-electron chi connectivity index (χ1n) is 4.13. The van der Waals surface area contributed by atoms with Crippen LogP contribution in [0, 0.1) is 0 Å². The molecule has 9 heavy (non-hydrogen) atoms. The van der Waals surface area contributed by atoms with Crippen LogP contribution in [0.5, 0.6) is 0 Å². The summed E-state index contributed by atoms with van der Waals surface area (Å²) in [4.78, 5) is 0. The van der Waals surface area contributed by atoms with Crippen molar-refractivity contribution in [2.75, 3.05) is 0 Å². The summed E-state index contributed by atoms with van der Waals surface area (Å²) < 4.78 is 0. The minimum Gasteiger partial charge on any atom is -0.0717 e. The third-order valence-electron chi connectivity index (χ3n) is 1.56. The predicted molar refractivity (Wildman–Crippen MR) is 52.1 cm³/mol. The molecule has 2 heteroatoms. The highest BCUT2D eigenvalue weighted by Crippen LogP contribution is 2.04. The highest BCUT2D eigenvalue weighted by atomic mass is 28.3. The maximum absolute atomic E-state index is 2.38. The topological polar surface area (TPSA) is 0 Å². The lowest BCUT2D eigenvalue weighted by Crippen LogP contribution is -2.03. The minimum absolute atomic E-state index is 0.365. The zero-order valence-corrected chi connectivity index (χ0v) is 10.1. The van der Waals surface area contributed by atoms with Crippen molar-refractivity contribution in [3.05, 3.63) is 0 Å². The van der Waals surface area contributed by atoms with Crippen molar-refractivity contribution in [3.8, 4) is 0 Å². The molecule has 0 radical (unpaired) electrons. The van der Waals surface area contributed by atoms with Gasteiger partial charge in [0.05, 0.1) is 0 Å². The van der Waals surface area contributed by atoms with Gasteiger partial charge in [0.15, 0.2) is 0 Å². The van der Waals surface area contributed by atoms with E-state index in [9.17, 15) is 0 Å². The lowest BCUT2D eigenvalue weighted by molar-refractivity contribution is 1.04. The normalized spacial score (nSPS) is 14.0. The highest BCUT2D eigenvalue weighted by molar-refractivity contribution is 6.57. The number of hydrogen-bond acceptors (Lipinski definition) is 0. The molecule has 0 bridgehead atoms. The Morgan fingerprint density at radius 3 is 1.44 bits per heavy atom. The van der Waals surface area contributed by atoms with E-state index in [2.05, 4.69) is 27.7 Å². The lowest BCUT2D eigenvalue weighted by Gasteiger charge is -2.03. The first kappa shape index (κ1) is 9.43. The molecule has 0 aromatic heterocycles. The standard InChI is InChI=1S/C7H20Si2/c1-6(2)8-5-9-7(3)4/h6-7H,5,8-9H2,1-4H3. The van der Waals surface area contributed by atoms with Crippen molar-refractivity contribution in [1.29, 1.82) is 0 Å². The fourth-order valence-corrected chi connectivity index (χ4v) is 8.41. The van der Waals surface area contributed by atoms with Crippen molar-refractivity contribution >= 4 is 19.0 Å². The Bertz CT molecular complexity index is 51.9. The number of rotatable bonds is 4. The molecule has 0 nitrogen and oxygen atoms in total. The van der Waals surface area contributed by atoms with E-state index < -0.39 is 0 Å². The summed E-state index contributed by atoms with van der Waals surface area (Å²) in [5.41, 5.74) is 3.82. The Labute approximate surface area is 64.1 Å². The summed E-state index contributed by atoms with van der Waals surface area (Å²) in [7, 11) is 0.730. The largest absolute Gasteiger partial charge is 0.0717 e. The van der Waals surface area contributed by atoms with Crippen LogP contribution in [0.1, 0.15) is 27.7 Å². The second kappa shape index (κ2) is 5.24. The first-order chi connectivity index (χ1) is 4.13. The monoisotopic (exact) mass is 160 g/mol. The van der Waals surface area contributed by atoms with E-state index in [1.54, 1.807) is 5.67 Å². The molecular formula is C7H20Si2. The Morgan fingerprint density at radius 2 is 1.22 bits per heavy atom. The molecule has 0 atom stereocenters. The summed E-state index contributed by atoms with van der Waals surface area (Å²) in [6.45, 7) is 9.50. The van der Waals surface area contributed by atoms with Crippen LogP contribution in [-0.4, -0.2) is 19.0 Å². The third kappa shape index (κ3) is 8.43. The number of hydrogen-bond donors (Lipinski definition) is 0. The van der Waals surface area contributed by atoms with Crippen molar-refractivity contribution in [3.63, 3.8) is 0 Å². The molecule has 56 valence electrons. The van der Waals surface area contributed by atoms with Crippen LogP contribution in [0.2, 0.25) is 16.7 Å². The van der Waals surface area contributed by atoms with Gasteiger partial charge in [-0.25, -0.2) is 0 Å². The molecule has 0 unspecified atom stereocenters. The molecule has 0 aromatic rings. The summed E-state index contributed by atoms with van der Waals surface area (Å²) >= 11 is 0. The second-order valence-electron chi connectivity index (χ2n) is 3.72. The van der Waals surface area contributed by atoms with E-state index in [0.717, 1.165) is 11.1 Å². The third-order valence-corrected chi connectivity index (χ3v) is 7.14. The van der Waals surface area contributed by atoms with E-state index in [1.807, 2.05) is 0 Å². The minimum atomic E-state index is 0.365. The van der Waals surface area contributed by atoms with Gasteiger partial charge in [-0.15, -0.1) is 0 Å². The van der Waals surface area contributed by atoms with Crippen LogP contribution < -0.4 is 0 Å². The van der Waals surface area contributed by atoms with E-state index >= 15 is 0 Å². The molecular weight excluding hydrogens is 140 g/mol. The van der Waals surface area contributed by atoms with Gasteiger partial charge in [0.2, 0.25) is 0 Å². The summed E-state index contributed by atoms with van der Waals surface area (Å²) in [6.07, 6.45) is 0. The SMILES string of the molecule is CC(C)[SiH2]C[SiH2]C(C)C. The molecule has 0 aliphatic carbocycles. The molecule has 0 aliphatic heterocycles. The van der Waals surface area contributed by atoms with Gasteiger partial charge in [0.1, 0.15) is 0 Å². The van der Waals surface area contributed by atoms with Gasteiger partial charge in [0, 0.05) is 19.0 Å². The zero-order chi connectivity index (χ0) is 7.28. The van der Waals surface area contributed by atoms with Crippen LogP contribution in [0.15, 0.2) is 0 Å². The summed E-state index contributed by atoms with van der Waals surface area (Å²) in [5.74, 6) is 0. The van der Waals surface area contributed by atoms with Crippen LogP contribution >= 0.6 is 0 Å². The van der Waals surface area contributed by atoms with Crippen LogP contribution in [0.4, 0.5) is 0 Å². The molecule has 0 spiro atoms. The van der Waals surface area contributed by atoms with Gasteiger partial charge in [-0.05, 0) is 0 Å². The lowest BCUT2D eigenvalue weighted by atomic mass is 10.6. The van der Waals surface area contributed by atoms with Gasteiger partial charge < -0.3 is 0 Å². The first-order valence-corrected chi connectivity index (χ1v) is 7.76. The van der Waals surface area contributed by atoms with Crippen molar-refractivity contribution in [1.82, 2.24) is 0 Å². The van der Waals surface area contributed by atoms with Gasteiger partial charge in [-0.2, -0.15) is 0 Å². The predicted octanol–water partition coefficient (Wildman–Crippen LogP) is 1.36. The molecule has 0 fully saturated rings. The van der Waals surface area contributed by atoms with Gasteiger partial charge >= 0.3 is 0 Å². The Morgan fingerprint density at radius 1 is 0.889 bits per heavy atom. The maximum atomic E-state index is 2.38. The molecule has 0 aliphatic rings. The van der Waals surface area contributed by atoms with Crippen LogP contribution in [0.25, 0.3) is 0 Å². The fourth-order valence-electron chi connectivity index (χ4n) is 0.934. The van der Waals surface area contributed by atoms with Gasteiger partial charge in [-0.3, -0.25) is 0 Å². The molecule has 0 rings (SSSR count). The Balaban J connectivity index is 2.91. The maximum Gasteiger partial charge on any atom is 0.0194 e. The van der Waals surface area contributed by atoms with Crippen molar-refractivity contribution in [2.45, 2.75) is 44.4 Å². The van der Waals surface area contributed by atoms with Crippen LogP contribution in [-0.2, 0) is 0 Å². The molecule has 0 amide bonds. The zero-order valence-electron chi connectivity index (χ0n) is 7.28. The molecule has 0 aromatic carbocycles. The Kier molecular flexibility index (Phi) is 5.49. The second-order valence-corrected chi connectivity index (χ2v) is 11.0. The average molecular weight is 160 g/mol. The molecule has 0 heterocycles. The van der Waals surface area contributed by atoms with E-state index in [1.165, 1.54) is 0 Å². The smallest absolute Gasteiger partial charge is 0.0194 e. The van der Waals surface area contributed by atoms with Gasteiger partial charge in [0.25, 0.3) is 0 Å². The quantitative estimate of drug-likeness (QED) is 0.545. The van der Waals surface area contributed by atoms with E-state index in [0.29, 0.717) is 19.0 Å². The Hall–Kier alpha value is 0.434. The van der Waals surface area contributed by atoms with Crippen molar-refractivity contribution < 1.29 is 0 Å². The highest BCUT2D eigenvalue weighted by Gasteiger charge is 1.97. The summed E-state index contributed by atoms with van der Waals surface area (Å²) in [6, 6.07) is 0. The summed E-state index contributed by atoms with van der Waals surface area (Å²) in [5, 5.41) is 0. The van der Waals surface area contributed by atoms with E-state index in [-0.39, 0.29) is 0 Å². The van der Waals surface area contributed by atoms with Gasteiger partial charge in [-0.1, -0.05) is 44.4 Å². The fraction of sp³-hybridized carbons (Fsp3) is 1.00. The molecule has 0 saturated carbocycles. The van der Waals surface area contributed by atoms with Crippen molar-refractivity contribution in [2.24, 2.45) is 0 Å². The molecule has 0 N–H and O–H groups in total. The van der Waals surface area contributed by atoms with E-state index in [4.69, 9.17) is 0 Å². The molecule has 0 saturated heterocycles. The van der Waals surface area contributed by atoms with Crippen LogP contribution in [0.3, 0.4) is 0 Å². The average Bonchev–Trinajstić information content (AvgIpc) is 1.63.